The molecule has 2 aromatic heterocycles. The summed E-state index contributed by atoms with van der Waals surface area (Å²) in [4.78, 5) is 15.2. The first-order chi connectivity index (χ1) is 13.2. The lowest BCUT2D eigenvalue weighted by molar-refractivity contribution is 0.322. The molecule has 0 bridgehead atoms. The summed E-state index contributed by atoms with van der Waals surface area (Å²) in [5, 5.41) is 7.49. The van der Waals surface area contributed by atoms with Gasteiger partial charge in [0.05, 0.1) is 11.6 Å². The molecule has 0 spiro atoms. The van der Waals surface area contributed by atoms with E-state index in [1.54, 1.807) is 19.4 Å². The largest absolute Gasteiger partial charge is 0.478 e. The number of aliphatic imine (C=N–C) groups is 1. The first-order valence-electron chi connectivity index (χ1n) is 9.10. The van der Waals surface area contributed by atoms with E-state index in [4.69, 9.17) is 16.3 Å². The summed E-state index contributed by atoms with van der Waals surface area (Å²) in [6.07, 6.45) is 4.49. The highest BCUT2D eigenvalue weighted by Crippen LogP contribution is 2.25. The van der Waals surface area contributed by atoms with E-state index in [9.17, 15) is 0 Å². The van der Waals surface area contributed by atoms with Gasteiger partial charge < -0.3 is 20.3 Å². The molecule has 1 aliphatic rings. The van der Waals surface area contributed by atoms with Crippen molar-refractivity contribution in [2.24, 2.45) is 4.99 Å². The number of guanidine groups is 1. The number of anilines is 1. The zero-order chi connectivity index (χ0) is 19.1. The van der Waals surface area contributed by atoms with Crippen LogP contribution in [-0.2, 0) is 6.54 Å². The minimum absolute atomic E-state index is 0. The predicted octanol–water partition coefficient (Wildman–Crippen LogP) is 3.09. The Morgan fingerprint density at radius 3 is 2.86 bits per heavy atom. The molecule has 0 radical (unpaired) electrons. The Hall–Kier alpha value is -1.81. The first kappa shape index (κ1) is 22.5. The van der Waals surface area contributed by atoms with Crippen molar-refractivity contribution >= 4 is 47.4 Å². The molecule has 1 unspecified atom stereocenters. The number of halogens is 2. The Kier molecular flexibility index (Phi) is 9.04. The summed E-state index contributed by atoms with van der Waals surface area (Å²) >= 11 is 6.26. The zero-order valence-electron chi connectivity index (χ0n) is 16.1. The third-order valence-electron chi connectivity index (χ3n) is 4.37. The van der Waals surface area contributed by atoms with Gasteiger partial charge in [-0.1, -0.05) is 17.7 Å². The number of ether oxygens (including phenoxy) is 1. The fourth-order valence-electron chi connectivity index (χ4n) is 3.07. The lowest BCUT2D eigenvalue weighted by Gasteiger charge is -2.20. The normalized spacial score (nSPS) is 16.5. The molecule has 0 amide bonds. The van der Waals surface area contributed by atoms with Gasteiger partial charge in [-0.15, -0.1) is 24.0 Å². The Balaban J connectivity index is 0.00000280. The van der Waals surface area contributed by atoms with Gasteiger partial charge in [0, 0.05) is 50.7 Å². The van der Waals surface area contributed by atoms with Crippen molar-refractivity contribution < 1.29 is 4.74 Å². The average molecular weight is 517 g/mol. The van der Waals surface area contributed by atoms with E-state index < -0.39 is 0 Å². The molecule has 7 nitrogen and oxygen atoms in total. The Bertz CT molecular complexity index is 791. The maximum Gasteiger partial charge on any atom is 0.218 e. The molecule has 1 aliphatic heterocycles. The molecule has 0 saturated carbocycles. The molecule has 28 heavy (non-hydrogen) atoms. The molecule has 3 rings (SSSR count). The van der Waals surface area contributed by atoms with Gasteiger partial charge in [0.1, 0.15) is 5.82 Å². The second-order valence-electron chi connectivity index (χ2n) is 6.21. The maximum atomic E-state index is 6.26. The van der Waals surface area contributed by atoms with E-state index in [1.807, 2.05) is 31.2 Å². The SMILES string of the molecule is CCOc1ncccc1CNC(=NC)NC1CCN(c2ncccc2Cl)C1.I. The van der Waals surface area contributed by atoms with Crippen molar-refractivity contribution in [3.63, 3.8) is 0 Å². The number of nitrogens with zero attached hydrogens (tertiary/aromatic N) is 4. The fourth-order valence-corrected chi connectivity index (χ4v) is 3.31. The fraction of sp³-hybridized carbons (Fsp3) is 0.421. The molecule has 2 N–H and O–H groups in total. The lowest BCUT2D eigenvalue weighted by Crippen LogP contribution is -2.44. The van der Waals surface area contributed by atoms with Gasteiger partial charge >= 0.3 is 0 Å². The Morgan fingerprint density at radius 2 is 2.11 bits per heavy atom. The predicted molar refractivity (Wildman–Crippen MR) is 124 cm³/mol. The van der Waals surface area contributed by atoms with E-state index in [1.165, 1.54) is 0 Å². The number of pyridine rings is 2. The van der Waals surface area contributed by atoms with Crippen molar-refractivity contribution in [1.29, 1.82) is 0 Å². The van der Waals surface area contributed by atoms with Gasteiger partial charge in [0.15, 0.2) is 5.96 Å². The highest BCUT2D eigenvalue weighted by molar-refractivity contribution is 14.0. The van der Waals surface area contributed by atoms with Gasteiger partial charge in [-0.2, -0.15) is 0 Å². The number of rotatable bonds is 6. The van der Waals surface area contributed by atoms with Gasteiger partial charge in [0.2, 0.25) is 5.88 Å². The molecule has 0 aromatic carbocycles. The lowest BCUT2D eigenvalue weighted by atomic mass is 10.2. The molecule has 9 heteroatoms. The van der Waals surface area contributed by atoms with Crippen LogP contribution in [0.15, 0.2) is 41.7 Å². The van der Waals surface area contributed by atoms with Crippen LogP contribution >= 0.6 is 35.6 Å². The molecule has 1 atom stereocenters. The highest BCUT2D eigenvalue weighted by atomic mass is 127. The number of hydrogen-bond donors (Lipinski definition) is 2. The van der Waals surface area contributed by atoms with E-state index in [-0.39, 0.29) is 30.0 Å². The molecule has 3 heterocycles. The third-order valence-corrected chi connectivity index (χ3v) is 4.66. The van der Waals surface area contributed by atoms with E-state index in [0.29, 0.717) is 24.1 Å². The van der Waals surface area contributed by atoms with Crippen LogP contribution in [0.5, 0.6) is 5.88 Å². The number of aromatic nitrogens is 2. The number of nitrogens with one attached hydrogen (secondary N) is 2. The quantitative estimate of drug-likeness (QED) is 0.349. The Labute approximate surface area is 188 Å². The topological polar surface area (TPSA) is 74.7 Å². The second-order valence-corrected chi connectivity index (χ2v) is 6.62. The van der Waals surface area contributed by atoms with Crippen LogP contribution in [-0.4, -0.2) is 48.7 Å². The zero-order valence-corrected chi connectivity index (χ0v) is 19.1. The summed E-state index contributed by atoms with van der Waals surface area (Å²) in [6.45, 7) is 4.86. The van der Waals surface area contributed by atoms with Gasteiger partial charge in [-0.25, -0.2) is 9.97 Å². The average Bonchev–Trinajstić information content (AvgIpc) is 3.15. The molecular formula is C19H26ClIN6O. The van der Waals surface area contributed by atoms with Crippen LogP contribution in [0.25, 0.3) is 0 Å². The smallest absolute Gasteiger partial charge is 0.218 e. The molecule has 0 aliphatic carbocycles. The highest BCUT2D eigenvalue weighted by Gasteiger charge is 2.25. The van der Waals surface area contributed by atoms with Crippen LogP contribution in [0.1, 0.15) is 18.9 Å². The summed E-state index contributed by atoms with van der Waals surface area (Å²) in [5.41, 5.74) is 0.996. The summed E-state index contributed by atoms with van der Waals surface area (Å²) in [7, 11) is 1.77. The van der Waals surface area contributed by atoms with E-state index >= 15 is 0 Å². The van der Waals surface area contributed by atoms with Gasteiger partial charge in [-0.3, -0.25) is 4.99 Å². The van der Waals surface area contributed by atoms with Crippen molar-refractivity contribution in [1.82, 2.24) is 20.6 Å². The van der Waals surface area contributed by atoms with E-state index in [0.717, 1.165) is 36.9 Å². The second kappa shape index (κ2) is 11.3. The van der Waals surface area contributed by atoms with Crippen LogP contribution in [0, 0.1) is 0 Å². The molecule has 152 valence electrons. The summed E-state index contributed by atoms with van der Waals surface area (Å²) in [6, 6.07) is 7.89. The standard InChI is InChI=1S/C19H25ClN6O.HI/c1-3-27-18-14(6-4-10-23-18)12-24-19(21-2)25-15-8-11-26(13-15)17-16(20)7-5-9-22-17;/h4-7,9-10,15H,3,8,11-13H2,1-2H3,(H2,21,24,25);1H. The van der Waals surface area contributed by atoms with Crippen molar-refractivity contribution in [3.05, 3.63) is 47.2 Å². The summed E-state index contributed by atoms with van der Waals surface area (Å²) in [5.74, 6) is 2.24. The molecular weight excluding hydrogens is 491 g/mol. The van der Waals surface area contributed by atoms with Gasteiger partial charge in [-0.05, 0) is 31.5 Å². The first-order valence-corrected chi connectivity index (χ1v) is 9.48. The van der Waals surface area contributed by atoms with Crippen LogP contribution < -0.4 is 20.3 Å². The van der Waals surface area contributed by atoms with E-state index in [2.05, 4.69) is 30.5 Å². The molecule has 1 saturated heterocycles. The van der Waals surface area contributed by atoms with Crippen LogP contribution in [0.2, 0.25) is 5.02 Å². The maximum absolute atomic E-state index is 6.26. The van der Waals surface area contributed by atoms with Crippen LogP contribution in [0.4, 0.5) is 5.82 Å². The molecule has 2 aromatic rings. The minimum atomic E-state index is 0. The molecule has 1 fully saturated rings. The summed E-state index contributed by atoms with van der Waals surface area (Å²) < 4.78 is 5.57. The Morgan fingerprint density at radius 1 is 1.32 bits per heavy atom. The van der Waals surface area contributed by atoms with Gasteiger partial charge in [0.25, 0.3) is 0 Å². The van der Waals surface area contributed by atoms with Crippen molar-refractivity contribution in [2.45, 2.75) is 25.9 Å². The van der Waals surface area contributed by atoms with Crippen molar-refractivity contribution in [3.8, 4) is 5.88 Å². The number of hydrogen-bond acceptors (Lipinski definition) is 5. The van der Waals surface area contributed by atoms with Crippen LogP contribution in [0.3, 0.4) is 0 Å². The van der Waals surface area contributed by atoms with Crippen molar-refractivity contribution in [2.75, 3.05) is 31.6 Å². The monoisotopic (exact) mass is 516 g/mol. The third kappa shape index (κ3) is 5.84. The minimum Gasteiger partial charge on any atom is -0.478 e.